The van der Waals surface area contributed by atoms with Gasteiger partial charge in [-0.15, -0.1) is 0 Å². The zero-order valence-corrected chi connectivity index (χ0v) is 18.0. The minimum atomic E-state index is 0.308. The predicted molar refractivity (Wildman–Crippen MR) is 123 cm³/mol. The monoisotopic (exact) mass is 415 g/mol. The molecule has 31 heavy (non-hydrogen) atoms. The molecule has 160 valence electrons. The third-order valence-electron chi connectivity index (χ3n) is 6.59. The predicted octanol–water partition coefficient (Wildman–Crippen LogP) is 5.68. The molecule has 2 N–H and O–H groups in total. The van der Waals surface area contributed by atoms with Gasteiger partial charge in [-0.3, -0.25) is 0 Å². The van der Waals surface area contributed by atoms with E-state index >= 15 is 0 Å². The van der Waals surface area contributed by atoms with Crippen molar-refractivity contribution in [1.29, 1.82) is 0 Å². The van der Waals surface area contributed by atoms with Crippen molar-refractivity contribution in [2.75, 3.05) is 11.5 Å². The Morgan fingerprint density at radius 2 is 1.65 bits per heavy atom. The lowest BCUT2D eigenvalue weighted by Crippen LogP contribution is -2.20. The molecule has 0 spiro atoms. The molecule has 1 atom stereocenters. The van der Waals surface area contributed by atoms with Gasteiger partial charge in [-0.25, -0.2) is 0 Å². The third kappa shape index (κ3) is 3.95. The Morgan fingerprint density at radius 3 is 2.52 bits per heavy atom. The summed E-state index contributed by atoms with van der Waals surface area (Å²) in [6.07, 6.45) is 3.97. The summed E-state index contributed by atoms with van der Waals surface area (Å²) < 4.78 is 5.82. The summed E-state index contributed by atoms with van der Waals surface area (Å²) in [6.45, 7) is 4.52. The van der Waals surface area contributed by atoms with Gasteiger partial charge in [0.15, 0.2) is 0 Å². The van der Waals surface area contributed by atoms with Crippen LogP contribution in [-0.4, -0.2) is 16.8 Å². The Bertz CT molecular complexity index is 1110. The number of nitrogens with zero attached hydrogens (tertiary/aromatic N) is 1. The van der Waals surface area contributed by atoms with E-state index in [1.165, 1.54) is 27.8 Å². The van der Waals surface area contributed by atoms with Crippen LogP contribution in [0.3, 0.4) is 0 Å². The second kappa shape index (κ2) is 8.18. The summed E-state index contributed by atoms with van der Waals surface area (Å²) in [5.74, 6) is 1.99. The van der Waals surface area contributed by atoms with Gasteiger partial charge >= 0.3 is 0 Å². The second-order valence-electron chi connectivity index (χ2n) is 8.77. The molecule has 4 nitrogen and oxygen atoms in total. The van der Waals surface area contributed by atoms with Gasteiger partial charge in [-0.1, -0.05) is 25.1 Å². The Kier molecular flexibility index (Phi) is 5.23. The van der Waals surface area contributed by atoms with Gasteiger partial charge in [0, 0.05) is 24.8 Å². The maximum atomic E-state index is 10.3. The number of fused-ring (bicyclic) bond motifs is 2. The van der Waals surface area contributed by atoms with Crippen LogP contribution in [0, 0.1) is 0 Å². The smallest absolute Gasteiger partial charge is 0.119 e. The molecule has 0 radical (unpaired) electrons. The molecule has 3 aromatic carbocycles. The molecule has 0 amide bonds. The van der Waals surface area contributed by atoms with Gasteiger partial charge in [0.2, 0.25) is 0 Å². The molecule has 1 aliphatic heterocycles. The molecule has 0 saturated carbocycles. The number of hydrogen-bond acceptors (Lipinski definition) is 4. The molecule has 1 unspecified atom stereocenters. The summed E-state index contributed by atoms with van der Waals surface area (Å²) in [5, 5.41) is 20.1. The van der Waals surface area contributed by atoms with Crippen LogP contribution in [0.25, 0.3) is 0 Å². The van der Waals surface area contributed by atoms with Gasteiger partial charge in [0.1, 0.15) is 17.2 Å². The highest BCUT2D eigenvalue weighted by molar-refractivity contribution is 5.62. The fourth-order valence-corrected chi connectivity index (χ4v) is 5.01. The normalized spacial score (nSPS) is 17.3. The summed E-state index contributed by atoms with van der Waals surface area (Å²) in [6, 6.07) is 18.0. The molecule has 1 aliphatic carbocycles. The van der Waals surface area contributed by atoms with Crippen LogP contribution in [0.4, 0.5) is 5.69 Å². The number of ether oxygens (including phenoxy) is 1. The average Bonchev–Trinajstić information content (AvgIpc) is 3.20. The first-order valence-corrected chi connectivity index (χ1v) is 11.2. The van der Waals surface area contributed by atoms with Crippen molar-refractivity contribution in [3.8, 4) is 17.2 Å². The van der Waals surface area contributed by atoms with Crippen LogP contribution in [0.2, 0.25) is 0 Å². The van der Waals surface area contributed by atoms with E-state index in [2.05, 4.69) is 42.2 Å². The van der Waals surface area contributed by atoms with Crippen LogP contribution < -0.4 is 9.64 Å². The van der Waals surface area contributed by atoms with E-state index in [1.54, 1.807) is 6.07 Å². The summed E-state index contributed by atoms with van der Waals surface area (Å²) >= 11 is 0. The summed E-state index contributed by atoms with van der Waals surface area (Å²) in [5.41, 5.74) is 7.61. The van der Waals surface area contributed by atoms with Crippen LogP contribution >= 0.6 is 0 Å². The molecular weight excluding hydrogens is 386 g/mol. The Labute approximate surface area is 183 Å². The largest absolute Gasteiger partial charge is 0.508 e. The SMILES string of the molecule is CCCOc1ccc2c(c1)CN(c1cc(O)ccc1C1CCc3cc(O)ccc3C1)C2. The zero-order chi connectivity index (χ0) is 21.4. The van der Waals surface area contributed by atoms with E-state index < -0.39 is 0 Å². The number of aromatic hydroxyl groups is 2. The van der Waals surface area contributed by atoms with Crippen LogP contribution in [-0.2, 0) is 25.9 Å². The lowest BCUT2D eigenvalue weighted by molar-refractivity contribution is 0.317. The first-order chi connectivity index (χ1) is 15.1. The Morgan fingerprint density at radius 1 is 0.871 bits per heavy atom. The van der Waals surface area contributed by atoms with Gasteiger partial charge in [0.05, 0.1) is 6.61 Å². The number of rotatable bonds is 5. The van der Waals surface area contributed by atoms with Crippen molar-refractivity contribution in [2.24, 2.45) is 0 Å². The highest BCUT2D eigenvalue weighted by atomic mass is 16.5. The fourth-order valence-electron chi connectivity index (χ4n) is 5.01. The first kappa shape index (κ1) is 19.8. The Hall–Kier alpha value is -3.14. The molecular formula is C27H29NO3. The quantitative estimate of drug-likeness (QED) is 0.563. The third-order valence-corrected chi connectivity index (χ3v) is 6.59. The highest BCUT2D eigenvalue weighted by Crippen LogP contribution is 2.42. The molecule has 5 rings (SSSR count). The van der Waals surface area contributed by atoms with E-state index in [-0.39, 0.29) is 0 Å². The summed E-state index contributed by atoms with van der Waals surface area (Å²) in [4.78, 5) is 2.37. The lowest BCUT2D eigenvalue weighted by atomic mass is 9.79. The first-order valence-electron chi connectivity index (χ1n) is 11.2. The molecule has 0 saturated heterocycles. The number of aryl methyl sites for hydroxylation is 1. The number of anilines is 1. The van der Waals surface area contributed by atoms with Crippen molar-refractivity contribution in [2.45, 2.75) is 51.6 Å². The molecule has 1 heterocycles. The van der Waals surface area contributed by atoms with Crippen molar-refractivity contribution >= 4 is 5.69 Å². The molecule has 3 aromatic rings. The van der Waals surface area contributed by atoms with Gasteiger partial charge in [0.25, 0.3) is 0 Å². The highest BCUT2D eigenvalue weighted by Gasteiger charge is 2.27. The van der Waals surface area contributed by atoms with Crippen LogP contribution in [0.5, 0.6) is 17.2 Å². The van der Waals surface area contributed by atoms with Crippen molar-refractivity contribution in [3.05, 3.63) is 82.4 Å². The van der Waals surface area contributed by atoms with Crippen molar-refractivity contribution in [3.63, 3.8) is 0 Å². The Balaban J connectivity index is 1.42. The molecule has 0 fully saturated rings. The van der Waals surface area contributed by atoms with E-state index in [0.717, 1.165) is 56.8 Å². The van der Waals surface area contributed by atoms with Crippen LogP contribution in [0.1, 0.15) is 53.5 Å². The van der Waals surface area contributed by atoms with Gasteiger partial charge in [-0.2, -0.15) is 0 Å². The second-order valence-corrected chi connectivity index (χ2v) is 8.77. The topological polar surface area (TPSA) is 52.9 Å². The van der Waals surface area contributed by atoms with E-state index in [9.17, 15) is 10.2 Å². The maximum absolute atomic E-state index is 10.3. The molecule has 4 heteroatoms. The standard InChI is InChI=1S/C27H29NO3/c1-2-11-31-25-9-6-21-16-28(17-22(21)14-25)27-15-24(30)8-10-26(27)20-4-3-19-13-23(29)7-5-18(19)12-20/h5-10,13-15,20,29-30H,2-4,11-12,16-17H2,1H3. The molecule has 2 aliphatic rings. The van der Waals surface area contributed by atoms with Gasteiger partial charge in [-0.05, 0) is 89.8 Å². The average molecular weight is 416 g/mol. The van der Waals surface area contributed by atoms with Crippen molar-refractivity contribution < 1.29 is 14.9 Å². The number of hydrogen-bond donors (Lipinski definition) is 2. The minimum Gasteiger partial charge on any atom is -0.508 e. The minimum absolute atomic E-state index is 0.308. The number of phenolic OH excluding ortho intramolecular Hbond substituents is 2. The summed E-state index contributed by atoms with van der Waals surface area (Å²) in [7, 11) is 0. The zero-order valence-electron chi connectivity index (χ0n) is 18.0. The van der Waals surface area contributed by atoms with E-state index in [0.29, 0.717) is 17.4 Å². The fraction of sp³-hybridized carbons (Fsp3) is 0.333. The molecule has 0 aromatic heterocycles. The van der Waals surface area contributed by atoms with E-state index in [1.807, 2.05) is 18.2 Å². The van der Waals surface area contributed by atoms with Crippen molar-refractivity contribution in [1.82, 2.24) is 0 Å². The lowest BCUT2D eigenvalue weighted by Gasteiger charge is -2.30. The maximum Gasteiger partial charge on any atom is 0.119 e. The van der Waals surface area contributed by atoms with E-state index in [4.69, 9.17) is 4.74 Å². The molecule has 0 bridgehead atoms. The number of benzene rings is 3. The van der Waals surface area contributed by atoms with Crippen LogP contribution in [0.15, 0.2) is 54.6 Å². The number of phenols is 2. The van der Waals surface area contributed by atoms with Gasteiger partial charge < -0.3 is 19.8 Å².